The van der Waals surface area contributed by atoms with Gasteiger partial charge in [-0.25, -0.2) is 4.68 Å². The Morgan fingerprint density at radius 1 is 1.41 bits per heavy atom. The van der Waals surface area contributed by atoms with Gasteiger partial charge in [-0.1, -0.05) is 0 Å². The Bertz CT molecular complexity index is 964. The highest BCUT2D eigenvalue weighted by atomic mass is 32.1. The molecule has 0 amide bonds. The van der Waals surface area contributed by atoms with Crippen LogP contribution in [0.5, 0.6) is 0 Å². The lowest BCUT2D eigenvalue weighted by molar-refractivity contribution is -0.138. The highest BCUT2D eigenvalue weighted by Gasteiger charge is 2.26. The highest BCUT2D eigenvalue weighted by Crippen LogP contribution is 2.30. The zero-order valence-electron chi connectivity index (χ0n) is 11.7. The molecule has 9 heteroatoms. The largest absolute Gasteiger partial charge is 0.480 e. The number of fused-ring (bicyclic) bond motifs is 3. The van der Waals surface area contributed by atoms with Crippen molar-refractivity contribution in [2.45, 2.75) is 26.0 Å². The van der Waals surface area contributed by atoms with Crippen LogP contribution in [-0.4, -0.2) is 30.4 Å². The van der Waals surface area contributed by atoms with Crippen LogP contribution in [0.25, 0.3) is 15.7 Å². The molecule has 116 valence electrons. The molecule has 0 saturated heterocycles. The number of carbonyl (C=O) groups is 1. The molecular formula is C13H12FN3O4S. The summed E-state index contributed by atoms with van der Waals surface area (Å²) in [4.78, 5) is 23.2. The van der Waals surface area contributed by atoms with Crippen molar-refractivity contribution in [1.29, 1.82) is 0 Å². The Morgan fingerprint density at radius 3 is 2.68 bits per heavy atom. The predicted molar refractivity (Wildman–Crippen MR) is 77.7 cm³/mol. The SMILES string of the molecule is CC(C)(O)c1nn(CC(=O)O)c(=O)c2cc3sc(F)cc3n12. The van der Waals surface area contributed by atoms with Crippen molar-refractivity contribution in [3.63, 3.8) is 0 Å². The molecule has 0 aliphatic rings. The molecule has 0 saturated carbocycles. The minimum absolute atomic E-state index is 0.0659. The Hall–Kier alpha value is -2.26. The molecule has 0 atom stereocenters. The fraction of sp³-hybridized carbons (Fsp3) is 0.308. The number of halogens is 1. The first-order valence-electron chi connectivity index (χ1n) is 6.35. The molecule has 0 aliphatic heterocycles. The van der Waals surface area contributed by atoms with Gasteiger partial charge in [0.25, 0.3) is 5.56 Å². The van der Waals surface area contributed by atoms with Gasteiger partial charge in [0.15, 0.2) is 11.0 Å². The second-order valence-corrected chi connectivity index (χ2v) is 6.44. The number of aromatic nitrogens is 3. The molecule has 0 radical (unpaired) electrons. The van der Waals surface area contributed by atoms with E-state index in [1.165, 1.54) is 30.4 Å². The van der Waals surface area contributed by atoms with E-state index in [1.54, 1.807) is 0 Å². The van der Waals surface area contributed by atoms with Gasteiger partial charge in [0.05, 0.1) is 10.2 Å². The van der Waals surface area contributed by atoms with Gasteiger partial charge in [0.1, 0.15) is 17.7 Å². The zero-order valence-corrected chi connectivity index (χ0v) is 12.5. The number of aliphatic hydroxyl groups is 1. The van der Waals surface area contributed by atoms with Crippen LogP contribution in [0.4, 0.5) is 4.39 Å². The molecule has 0 spiro atoms. The van der Waals surface area contributed by atoms with E-state index in [0.29, 0.717) is 10.2 Å². The average Bonchev–Trinajstić information content (AvgIpc) is 2.87. The third kappa shape index (κ3) is 2.18. The summed E-state index contributed by atoms with van der Waals surface area (Å²) in [5, 5.41) is 22.7. The summed E-state index contributed by atoms with van der Waals surface area (Å²) in [5.41, 5.74) is -1.49. The normalized spacial score (nSPS) is 12.4. The molecule has 3 aromatic heterocycles. The number of thiophene rings is 1. The number of aliphatic carboxylic acids is 1. The molecule has 0 unspecified atom stereocenters. The molecule has 7 nitrogen and oxygen atoms in total. The maximum Gasteiger partial charge on any atom is 0.325 e. The first-order chi connectivity index (χ1) is 10.2. The molecule has 3 heterocycles. The molecule has 2 N–H and O–H groups in total. The van der Waals surface area contributed by atoms with E-state index in [9.17, 15) is 19.1 Å². The van der Waals surface area contributed by atoms with Crippen molar-refractivity contribution in [2.75, 3.05) is 0 Å². The average molecular weight is 325 g/mol. The molecule has 0 bridgehead atoms. The third-order valence-electron chi connectivity index (χ3n) is 3.17. The van der Waals surface area contributed by atoms with Crippen molar-refractivity contribution >= 4 is 33.0 Å². The Morgan fingerprint density at radius 2 is 2.09 bits per heavy atom. The first-order valence-corrected chi connectivity index (χ1v) is 7.16. The van der Waals surface area contributed by atoms with Crippen LogP contribution in [0.1, 0.15) is 19.7 Å². The lowest BCUT2D eigenvalue weighted by atomic mass is 10.1. The van der Waals surface area contributed by atoms with Gasteiger partial charge in [-0.3, -0.25) is 14.0 Å². The van der Waals surface area contributed by atoms with E-state index in [4.69, 9.17) is 5.11 Å². The number of rotatable bonds is 3. The van der Waals surface area contributed by atoms with Crippen LogP contribution < -0.4 is 5.56 Å². The smallest absolute Gasteiger partial charge is 0.325 e. The Balaban J connectivity index is 2.48. The predicted octanol–water partition coefficient (Wildman–Crippen LogP) is 1.16. The fourth-order valence-electron chi connectivity index (χ4n) is 2.32. The summed E-state index contributed by atoms with van der Waals surface area (Å²) in [5.74, 6) is -1.16. The van der Waals surface area contributed by atoms with Crippen LogP contribution in [0.2, 0.25) is 0 Å². The van der Waals surface area contributed by atoms with Gasteiger partial charge in [-0.15, -0.1) is 11.3 Å². The second kappa shape index (κ2) is 4.62. The molecule has 0 aromatic carbocycles. The summed E-state index contributed by atoms with van der Waals surface area (Å²) in [7, 11) is 0. The summed E-state index contributed by atoms with van der Waals surface area (Å²) >= 11 is 0.864. The van der Waals surface area contributed by atoms with E-state index < -0.39 is 28.8 Å². The van der Waals surface area contributed by atoms with E-state index in [-0.39, 0.29) is 11.3 Å². The minimum atomic E-state index is -1.45. The highest BCUT2D eigenvalue weighted by molar-refractivity contribution is 7.17. The number of hydrogen-bond acceptors (Lipinski definition) is 5. The summed E-state index contributed by atoms with van der Waals surface area (Å²) in [6, 6.07) is 2.73. The monoisotopic (exact) mass is 325 g/mol. The van der Waals surface area contributed by atoms with Crippen molar-refractivity contribution in [3.05, 3.63) is 33.4 Å². The quantitative estimate of drug-likeness (QED) is 0.753. The van der Waals surface area contributed by atoms with Gasteiger partial charge >= 0.3 is 5.97 Å². The van der Waals surface area contributed by atoms with Crippen molar-refractivity contribution < 1.29 is 19.4 Å². The van der Waals surface area contributed by atoms with Crippen molar-refractivity contribution in [2.24, 2.45) is 0 Å². The number of nitrogens with zero attached hydrogens (tertiary/aromatic N) is 3. The Kier molecular flexibility index (Phi) is 3.08. The van der Waals surface area contributed by atoms with Gasteiger partial charge in [0.2, 0.25) is 0 Å². The zero-order chi connectivity index (χ0) is 16.2. The third-order valence-corrected chi connectivity index (χ3v) is 4.03. The van der Waals surface area contributed by atoms with E-state index >= 15 is 0 Å². The maximum absolute atomic E-state index is 13.4. The fourth-order valence-corrected chi connectivity index (χ4v) is 3.12. The van der Waals surface area contributed by atoms with Crippen molar-refractivity contribution in [3.8, 4) is 0 Å². The van der Waals surface area contributed by atoms with E-state index in [0.717, 1.165) is 16.0 Å². The molecule has 3 aromatic rings. The van der Waals surface area contributed by atoms with Crippen molar-refractivity contribution in [1.82, 2.24) is 14.2 Å². The lowest BCUT2D eigenvalue weighted by Gasteiger charge is -2.19. The molecule has 3 rings (SSSR count). The molecule has 0 fully saturated rings. The summed E-state index contributed by atoms with van der Waals surface area (Å²) in [6.07, 6.45) is 0. The van der Waals surface area contributed by atoms with Gasteiger partial charge in [-0.05, 0) is 19.9 Å². The molecular weight excluding hydrogens is 313 g/mol. The van der Waals surface area contributed by atoms with Crippen LogP contribution in [0.3, 0.4) is 0 Å². The van der Waals surface area contributed by atoms with Crippen LogP contribution >= 0.6 is 11.3 Å². The van der Waals surface area contributed by atoms with Crippen LogP contribution in [0.15, 0.2) is 16.9 Å². The molecule has 0 aliphatic carbocycles. The first kappa shape index (κ1) is 14.7. The minimum Gasteiger partial charge on any atom is -0.480 e. The summed E-state index contributed by atoms with van der Waals surface area (Å²) < 4.78 is 16.1. The van der Waals surface area contributed by atoms with Crippen LogP contribution in [0, 0.1) is 5.13 Å². The van der Waals surface area contributed by atoms with Gasteiger partial charge < -0.3 is 10.2 Å². The van der Waals surface area contributed by atoms with E-state index in [1.807, 2.05) is 0 Å². The van der Waals surface area contributed by atoms with Gasteiger partial charge in [0, 0.05) is 6.07 Å². The maximum atomic E-state index is 13.4. The standard InChI is InChI=1S/C13H12FN3O4S/c1-13(2,21)12-15-16(5-10(18)19)11(20)7-3-8-6(17(7)12)4-9(14)22-8/h3-4,21H,5H2,1-2H3,(H,18,19). The van der Waals surface area contributed by atoms with E-state index in [2.05, 4.69) is 5.10 Å². The topological polar surface area (TPSA) is 96.8 Å². The Labute approximate surface area is 126 Å². The number of hydrogen-bond donors (Lipinski definition) is 2. The number of carboxylic acids is 1. The summed E-state index contributed by atoms with van der Waals surface area (Å²) in [6.45, 7) is 2.30. The van der Waals surface area contributed by atoms with Crippen LogP contribution in [-0.2, 0) is 16.9 Å². The second-order valence-electron chi connectivity index (χ2n) is 5.40. The molecule has 22 heavy (non-hydrogen) atoms. The lowest BCUT2D eigenvalue weighted by Crippen LogP contribution is -2.34. The van der Waals surface area contributed by atoms with Gasteiger partial charge in [-0.2, -0.15) is 9.49 Å². The number of carboxylic acid groups (broad SMARTS) is 1.